The summed E-state index contributed by atoms with van der Waals surface area (Å²) in [5.74, 6) is -0.522. The second kappa shape index (κ2) is 8.14. The molecular formula is C22H20N2O4S. The standard InChI is InChI=1S/C22H20N2O4S/c25-22(28-16-20-7-3-4-13-23-20)18-8-10-21(11-9-18)29(26,27)24-14-12-17-5-1-2-6-19(17)15-24/h1-11,13H,12,14-16H2. The number of benzene rings is 2. The molecule has 0 spiro atoms. The van der Waals surface area contributed by atoms with Crippen LogP contribution in [-0.4, -0.2) is 30.2 Å². The van der Waals surface area contributed by atoms with Gasteiger partial charge in [0, 0.05) is 19.3 Å². The van der Waals surface area contributed by atoms with Gasteiger partial charge in [0.2, 0.25) is 10.0 Å². The third kappa shape index (κ3) is 4.21. The lowest BCUT2D eigenvalue weighted by molar-refractivity contribution is 0.0467. The van der Waals surface area contributed by atoms with Gasteiger partial charge in [-0.15, -0.1) is 0 Å². The number of hydrogen-bond acceptors (Lipinski definition) is 5. The van der Waals surface area contributed by atoms with Crippen molar-refractivity contribution in [2.75, 3.05) is 6.54 Å². The maximum Gasteiger partial charge on any atom is 0.338 e. The van der Waals surface area contributed by atoms with Gasteiger partial charge in [-0.05, 0) is 53.9 Å². The first-order valence-electron chi connectivity index (χ1n) is 9.28. The number of hydrogen-bond donors (Lipinski definition) is 0. The molecule has 148 valence electrons. The van der Waals surface area contributed by atoms with Crippen LogP contribution in [0.5, 0.6) is 0 Å². The van der Waals surface area contributed by atoms with Crippen LogP contribution in [0.4, 0.5) is 0 Å². The molecule has 0 unspecified atom stereocenters. The van der Waals surface area contributed by atoms with Gasteiger partial charge in [-0.3, -0.25) is 4.98 Å². The molecule has 29 heavy (non-hydrogen) atoms. The minimum Gasteiger partial charge on any atom is -0.456 e. The fourth-order valence-electron chi connectivity index (χ4n) is 3.29. The maximum atomic E-state index is 13.0. The number of nitrogens with zero attached hydrogens (tertiary/aromatic N) is 2. The minimum absolute atomic E-state index is 0.0624. The summed E-state index contributed by atoms with van der Waals surface area (Å²) in [6.45, 7) is 0.854. The van der Waals surface area contributed by atoms with Crippen molar-refractivity contribution in [3.8, 4) is 0 Å². The second-order valence-corrected chi connectivity index (χ2v) is 8.72. The molecular weight excluding hydrogens is 388 g/mol. The van der Waals surface area contributed by atoms with E-state index in [9.17, 15) is 13.2 Å². The molecule has 7 heteroatoms. The van der Waals surface area contributed by atoms with Gasteiger partial charge in [-0.2, -0.15) is 4.31 Å². The van der Waals surface area contributed by atoms with E-state index in [1.54, 1.807) is 18.3 Å². The van der Waals surface area contributed by atoms with Crippen LogP contribution in [0.2, 0.25) is 0 Å². The van der Waals surface area contributed by atoms with Crippen LogP contribution in [0.15, 0.2) is 77.8 Å². The highest BCUT2D eigenvalue weighted by Gasteiger charge is 2.28. The first kappa shape index (κ1) is 19.3. The fraction of sp³-hybridized carbons (Fsp3) is 0.182. The van der Waals surface area contributed by atoms with Gasteiger partial charge in [-0.25, -0.2) is 13.2 Å². The van der Waals surface area contributed by atoms with Crippen LogP contribution in [-0.2, 0) is 34.3 Å². The zero-order valence-corrected chi connectivity index (χ0v) is 16.5. The first-order valence-corrected chi connectivity index (χ1v) is 10.7. The van der Waals surface area contributed by atoms with Crippen molar-refractivity contribution in [2.45, 2.75) is 24.5 Å². The molecule has 2 heterocycles. The lowest BCUT2D eigenvalue weighted by atomic mass is 10.0. The van der Waals surface area contributed by atoms with Crippen LogP contribution in [0.3, 0.4) is 0 Å². The summed E-state index contributed by atoms with van der Waals surface area (Å²) in [6.07, 6.45) is 2.31. The summed E-state index contributed by atoms with van der Waals surface area (Å²) < 4.78 is 32.7. The van der Waals surface area contributed by atoms with Crippen molar-refractivity contribution in [2.24, 2.45) is 0 Å². The Hall–Kier alpha value is -3.03. The van der Waals surface area contributed by atoms with Crippen molar-refractivity contribution >= 4 is 16.0 Å². The molecule has 1 aliphatic rings. The van der Waals surface area contributed by atoms with Gasteiger partial charge in [0.25, 0.3) is 0 Å². The van der Waals surface area contributed by atoms with Crippen LogP contribution in [0, 0.1) is 0 Å². The van der Waals surface area contributed by atoms with E-state index in [0.717, 1.165) is 5.56 Å². The normalized spacial score (nSPS) is 14.2. The Morgan fingerprint density at radius 2 is 1.69 bits per heavy atom. The summed E-state index contributed by atoms with van der Waals surface area (Å²) in [4.78, 5) is 16.5. The van der Waals surface area contributed by atoms with E-state index in [-0.39, 0.29) is 11.5 Å². The summed E-state index contributed by atoms with van der Waals surface area (Å²) in [5.41, 5.74) is 3.15. The Morgan fingerprint density at radius 1 is 0.966 bits per heavy atom. The molecule has 1 aliphatic heterocycles. The number of aromatic nitrogens is 1. The van der Waals surface area contributed by atoms with Gasteiger partial charge in [0.1, 0.15) is 6.61 Å². The third-order valence-electron chi connectivity index (χ3n) is 4.90. The lowest BCUT2D eigenvalue weighted by Gasteiger charge is -2.28. The highest BCUT2D eigenvalue weighted by Crippen LogP contribution is 2.25. The topological polar surface area (TPSA) is 76.6 Å². The number of sulfonamides is 1. The van der Waals surface area contributed by atoms with E-state index in [2.05, 4.69) is 4.98 Å². The molecule has 6 nitrogen and oxygen atoms in total. The average Bonchev–Trinajstić information content (AvgIpc) is 2.78. The molecule has 0 atom stereocenters. The predicted octanol–water partition coefficient (Wildman–Crippen LogP) is 3.19. The quantitative estimate of drug-likeness (QED) is 0.606. The van der Waals surface area contributed by atoms with E-state index in [1.807, 2.05) is 30.3 Å². The van der Waals surface area contributed by atoms with Crippen molar-refractivity contribution in [1.82, 2.24) is 9.29 Å². The number of pyridine rings is 1. The number of esters is 1. The highest BCUT2D eigenvalue weighted by molar-refractivity contribution is 7.89. The van der Waals surface area contributed by atoms with Crippen LogP contribution < -0.4 is 0 Å². The summed E-state index contributed by atoms with van der Waals surface area (Å²) in [6, 6.07) is 19.1. The van der Waals surface area contributed by atoms with Crippen molar-refractivity contribution < 1.29 is 17.9 Å². The molecule has 0 saturated heterocycles. The zero-order valence-electron chi connectivity index (χ0n) is 15.7. The minimum atomic E-state index is -3.63. The SMILES string of the molecule is O=C(OCc1ccccn1)c1ccc(S(=O)(=O)N2CCc3ccccc3C2)cc1. The van der Waals surface area contributed by atoms with Crippen LogP contribution in [0.1, 0.15) is 27.2 Å². The number of ether oxygens (including phenoxy) is 1. The zero-order chi connectivity index (χ0) is 20.3. The van der Waals surface area contributed by atoms with Gasteiger partial charge >= 0.3 is 5.97 Å². The van der Waals surface area contributed by atoms with E-state index in [1.165, 1.54) is 34.1 Å². The molecule has 4 rings (SSSR count). The summed E-state index contributed by atoms with van der Waals surface area (Å²) >= 11 is 0. The van der Waals surface area contributed by atoms with E-state index < -0.39 is 16.0 Å². The largest absolute Gasteiger partial charge is 0.456 e. The summed E-state index contributed by atoms with van der Waals surface area (Å²) in [5, 5.41) is 0. The van der Waals surface area contributed by atoms with Crippen molar-refractivity contribution in [1.29, 1.82) is 0 Å². The number of carbonyl (C=O) groups is 1. The maximum absolute atomic E-state index is 13.0. The monoisotopic (exact) mass is 408 g/mol. The number of carbonyl (C=O) groups excluding carboxylic acids is 1. The lowest BCUT2D eigenvalue weighted by Crippen LogP contribution is -2.35. The Morgan fingerprint density at radius 3 is 2.41 bits per heavy atom. The second-order valence-electron chi connectivity index (χ2n) is 6.78. The van der Waals surface area contributed by atoms with E-state index in [0.29, 0.717) is 30.8 Å². The Kier molecular flexibility index (Phi) is 5.42. The van der Waals surface area contributed by atoms with E-state index >= 15 is 0 Å². The average molecular weight is 408 g/mol. The molecule has 0 N–H and O–H groups in total. The van der Waals surface area contributed by atoms with Gasteiger partial charge in [-0.1, -0.05) is 30.3 Å². The third-order valence-corrected chi connectivity index (χ3v) is 6.76. The van der Waals surface area contributed by atoms with Crippen molar-refractivity contribution in [3.05, 3.63) is 95.3 Å². The van der Waals surface area contributed by atoms with Crippen molar-refractivity contribution in [3.63, 3.8) is 0 Å². The molecule has 0 aliphatic carbocycles. The summed E-state index contributed by atoms with van der Waals surface area (Å²) in [7, 11) is -3.63. The van der Waals surface area contributed by atoms with Gasteiger partial charge < -0.3 is 4.74 Å². The van der Waals surface area contributed by atoms with E-state index in [4.69, 9.17) is 4.74 Å². The molecule has 0 saturated carbocycles. The molecule has 0 radical (unpaired) electrons. The Labute approximate surface area is 169 Å². The molecule has 0 bridgehead atoms. The predicted molar refractivity (Wildman–Crippen MR) is 108 cm³/mol. The Balaban J connectivity index is 1.45. The highest BCUT2D eigenvalue weighted by atomic mass is 32.2. The smallest absolute Gasteiger partial charge is 0.338 e. The molecule has 2 aromatic carbocycles. The Bertz CT molecular complexity index is 1110. The number of fused-ring (bicyclic) bond motifs is 1. The van der Waals surface area contributed by atoms with Crippen LogP contribution >= 0.6 is 0 Å². The van der Waals surface area contributed by atoms with Crippen LogP contribution in [0.25, 0.3) is 0 Å². The van der Waals surface area contributed by atoms with Gasteiger partial charge in [0.15, 0.2) is 0 Å². The molecule has 0 amide bonds. The fourth-order valence-corrected chi connectivity index (χ4v) is 4.71. The molecule has 0 fully saturated rings. The number of rotatable bonds is 5. The molecule has 1 aromatic heterocycles. The van der Waals surface area contributed by atoms with Gasteiger partial charge in [0.05, 0.1) is 16.2 Å². The molecule has 3 aromatic rings. The first-order chi connectivity index (χ1) is 14.0.